The number of nitrogens with zero attached hydrogens (tertiary/aromatic N) is 4. The zero-order valence-electron chi connectivity index (χ0n) is 15.7. The predicted molar refractivity (Wildman–Crippen MR) is 106 cm³/mol. The molecule has 2 saturated carbocycles. The van der Waals surface area contributed by atoms with Gasteiger partial charge in [0.1, 0.15) is 29.1 Å². The molecule has 2 fully saturated rings. The number of carbonyl (C=O) groups excluding carboxylic acids is 1. The fourth-order valence-electron chi connectivity index (χ4n) is 3.30. The summed E-state index contributed by atoms with van der Waals surface area (Å²) in [7, 11) is 1.73. The van der Waals surface area contributed by atoms with Gasteiger partial charge in [-0.3, -0.25) is 9.59 Å². The van der Waals surface area contributed by atoms with Gasteiger partial charge in [0.2, 0.25) is 0 Å². The second kappa shape index (κ2) is 6.57. The van der Waals surface area contributed by atoms with E-state index in [0.717, 1.165) is 12.8 Å². The number of fused-ring (bicyclic) bond motifs is 1. The average Bonchev–Trinajstić information content (AvgIpc) is 3.62. The number of hydrogen-bond acceptors (Lipinski definition) is 6. The van der Waals surface area contributed by atoms with Crippen LogP contribution in [0, 0.1) is 0 Å². The van der Waals surface area contributed by atoms with Gasteiger partial charge in [0.05, 0.1) is 12.2 Å². The fourth-order valence-corrected chi connectivity index (χ4v) is 3.30. The predicted octanol–water partition coefficient (Wildman–Crippen LogP) is 1.85. The molecule has 2 aliphatic rings. The van der Waals surface area contributed by atoms with Gasteiger partial charge in [-0.15, -0.1) is 0 Å². The van der Waals surface area contributed by atoms with Crippen LogP contribution in [0.15, 0.2) is 35.4 Å². The van der Waals surface area contributed by atoms with Crippen LogP contribution < -0.4 is 21.5 Å². The standard InChI is InChI=1S/C19H20FN7O2/c1-21-16-8-15(24-13-3-2-6-26(19(13)29)14-7-12(14)20)25-17-11(9-22-27(16)17)18(28)23-10-4-5-10/h2-3,6,8-10,12,14,21H,4-5,7H2,1H3,(H,23,28)(H,24,25)/t12-,14-/m0/s1. The van der Waals surface area contributed by atoms with E-state index in [4.69, 9.17) is 0 Å². The first-order chi connectivity index (χ1) is 14.0. The zero-order valence-corrected chi connectivity index (χ0v) is 15.7. The number of hydrogen-bond donors (Lipinski definition) is 3. The minimum atomic E-state index is -0.979. The van der Waals surface area contributed by atoms with E-state index in [0.29, 0.717) is 29.3 Å². The van der Waals surface area contributed by atoms with E-state index in [2.05, 4.69) is 26.0 Å². The van der Waals surface area contributed by atoms with Crippen LogP contribution >= 0.6 is 0 Å². The molecule has 29 heavy (non-hydrogen) atoms. The molecule has 10 heteroatoms. The van der Waals surface area contributed by atoms with E-state index >= 15 is 0 Å². The van der Waals surface area contributed by atoms with Gasteiger partial charge in [0.25, 0.3) is 11.5 Å². The van der Waals surface area contributed by atoms with Crippen molar-refractivity contribution in [1.82, 2.24) is 24.5 Å². The molecule has 0 aliphatic heterocycles. The van der Waals surface area contributed by atoms with E-state index in [-0.39, 0.29) is 23.2 Å². The Morgan fingerprint density at radius 2 is 2.14 bits per heavy atom. The number of amides is 1. The van der Waals surface area contributed by atoms with Crippen LogP contribution in [0.5, 0.6) is 0 Å². The van der Waals surface area contributed by atoms with Crippen LogP contribution in [-0.4, -0.2) is 44.3 Å². The summed E-state index contributed by atoms with van der Waals surface area (Å²) in [6, 6.07) is 4.82. The third kappa shape index (κ3) is 3.20. The molecule has 3 aromatic heterocycles. The molecule has 0 aromatic carbocycles. The summed E-state index contributed by atoms with van der Waals surface area (Å²) in [6.45, 7) is 0. The van der Waals surface area contributed by atoms with Crippen molar-refractivity contribution in [3.63, 3.8) is 0 Å². The Labute approximate surface area is 164 Å². The zero-order chi connectivity index (χ0) is 20.1. The molecule has 2 aliphatic carbocycles. The lowest BCUT2D eigenvalue weighted by Crippen LogP contribution is -2.25. The van der Waals surface area contributed by atoms with E-state index in [1.54, 1.807) is 31.4 Å². The van der Waals surface area contributed by atoms with Gasteiger partial charge in [-0.1, -0.05) is 0 Å². The van der Waals surface area contributed by atoms with Gasteiger partial charge in [-0.25, -0.2) is 9.37 Å². The molecule has 0 bridgehead atoms. The molecule has 1 amide bonds. The summed E-state index contributed by atoms with van der Waals surface area (Å²) in [5.41, 5.74) is 0.708. The van der Waals surface area contributed by atoms with Crippen molar-refractivity contribution in [2.75, 3.05) is 17.7 Å². The van der Waals surface area contributed by atoms with Crippen LogP contribution in [0.25, 0.3) is 5.65 Å². The third-order valence-electron chi connectivity index (χ3n) is 5.16. The first kappa shape index (κ1) is 17.7. The summed E-state index contributed by atoms with van der Waals surface area (Å²) in [5, 5.41) is 13.2. The molecule has 3 N–H and O–H groups in total. The van der Waals surface area contributed by atoms with Crippen molar-refractivity contribution in [3.8, 4) is 0 Å². The molecule has 5 rings (SSSR count). The Morgan fingerprint density at radius 3 is 2.83 bits per heavy atom. The lowest BCUT2D eigenvalue weighted by atomic mass is 10.3. The molecule has 0 radical (unpaired) electrons. The van der Waals surface area contributed by atoms with Crippen LogP contribution in [0.3, 0.4) is 0 Å². The van der Waals surface area contributed by atoms with Gasteiger partial charge < -0.3 is 20.5 Å². The topological polar surface area (TPSA) is 105 Å². The minimum absolute atomic E-state index is 0.215. The third-order valence-corrected chi connectivity index (χ3v) is 5.16. The monoisotopic (exact) mass is 397 g/mol. The SMILES string of the molecule is CNc1cc(Nc2cccn([C@H]3C[C@@H]3F)c2=O)nc2c(C(=O)NC3CC3)cnn12. The highest BCUT2D eigenvalue weighted by Gasteiger charge is 2.39. The highest BCUT2D eigenvalue weighted by atomic mass is 19.1. The number of aromatic nitrogens is 4. The van der Waals surface area contributed by atoms with Gasteiger partial charge in [0.15, 0.2) is 5.65 Å². The largest absolute Gasteiger partial charge is 0.373 e. The molecule has 3 heterocycles. The van der Waals surface area contributed by atoms with Crippen LogP contribution in [0.2, 0.25) is 0 Å². The van der Waals surface area contributed by atoms with Crippen LogP contribution in [0.1, 0.15) is 35.7 Å². The smallest absolute Gasteiger partial charge is 0.274 e. The number of alkyl halides is 1. The average molecular weight is 397 g/mol. The molecular formula is C19H20FN7O2. The Bertz CT molecular complexity index is 1170. The van der Waals surface area contributed by atoms with Gasteiger partial charge in [0, 0.05) is 31.8 Å². The Balaban J connectivity index is 1.52. The van der Waals surface area contributed by atoms with E-state index in [1.807, 2.05) is 0 Å². The second-order valence-corrected chi connectivity index (χ2v) is 7.40. The summed E-state index contributed by atoms with van der Waals surface area (Å²) in [6.07, 6.45) is 4.40. The molecule has 0 unspecified atom stereocenters. The normalized spacial score (nSPS) is 20.5. The number of carbonyl (C=O) groups is 1. The van der Waals surface area contributed by atoms with E-state index in [1.165, 1.54) is 15.3 Å². The lowest BCUT2D eigenvalue weighted by Gasteiger charge is -2.11. The lowest BCUT2D eigenvalue weighted by molar-refractivity contribution is 0.0952. The Morgan fingerprint density at radius 1 is 1.34 bits per heavy atom. The maximum Gasteiger partial charge on any atom is 0.274 e. The van der Waals surface area contributed by atoms with Crippen molar-refractivity contribution < 1.29 is 9.18 Å². The van der Waals surface area contributed by atoms with Crippen LogP contribution in [-0.2, 0) is 0 Å². The maximum atomic E-state index is 13.4. The summed E-state index contributed by atoms with van der Waals surface area (Å²) in [4.78, 5) is 29.7. The van der Waals surface area contributed by atoms with E-state index in [9.17, 15) is 14.0 Å². The maximum absolute atomic E-state index is 13.4. The molecule has 0 saturated heterocycles. The Kier molecular flexibility index (Phi) is 4.00. The summed E-state index contributed by atoms with van der Waals surface area (Å²) >= 11 is 0. The van der Waals surface area contributed by atoms with Crippen LogP contribution in [0.4, 0.5) is 21.7 Å². The molecule has 0 spiro atoms. The molecule has 3 aromatic rings. The first-order valence-corrected chi connectivity index (χ1v) is 9.55. The van der Waals surface area contributed by atoms with Gasteiger partial charge >= 0.3 is 0 Å². The first-order valence-electron chi connectivity index (χ1n) is 9.55. The van der Waals surface area contributed by atoms with Crippen molar-refractivity contribution >= 4 is 28.9 Å². The number of halogens is 1. The van der Waals surface area contributed by atoms with Crippen molar-refractivity contribution in [2.45, 2.75) is 37.5 Å². The number of pyridine rings is 1. The molecule has 150 valence electrons. The van der Waals surface area contributed by atoms with Crippen molar-refractivity contribution in [2.24, 2.45) is 0 Å². The summed E-state index contributed by atoms with van der Waals surface area (Å²) < 4.78 is 16.3. The quantitative estimate of drug-likeness (QED) is 0.586. The minimum Gasteiger partial charge on any atom is -0.373 e. The second-order valence-electron chi connectivity index (χ2n) is 7.40. The van der Waals surface area contributed by atoms with Crippen molar-refractivity contribution in [3.05, 3.63) is 46.5 Å². The fraction of sp³-hybridized carbons (Fsp3) is 0.368. The van der Waals surface area contributed by atoms with Gasteiger partial charge in [-0.05, 0) is 25.0 Å². The highest BCUT2D eigenvalue weighted by Crippen LogP contribution is 2.37. The number of anilines is 3. The van der Waals surface area contributed by atoms with Gasteiger partial charge in [-0.2, -0.15) is 9.61 Å². The number of nitrogens with one attached hydrogen (secondary N) is 3. The molecule has 9 nitrogen and oxygen atoms in total. The molecule has 2 atom stereocenters. The van der Waals surface area contributed by atoms with Crippen molar-refractivity contribution in [1.29, 1.82) is 0 Å². The summed E-state index contributed by atoms with van der Waals surface area (Å²) in [5.74, 6) is 0.759. The highest BCUT2D eigenvalue weighted by molar-refractivity contribution is 6.00. The molecular weight excluding hydrogens is 377 g/mol. The Hall–Kier alpha value is -3.43. The number of rotatable bonds is 6. The van der Waals surface area contributed by atoms with E-state index < -0.39 is 12.2 Å².